The topological polar surface area (TPSA) is 12.0 Å². The fourth-order valence-electron chi connectivity index (χ4n) is 1.13. The van der Waals surface area contributed by atoms with E-state index in [-0.39, 0.29) is 0 Å². The summed E-state index contributed by atoms with van der Waals surface area (Å²) in [5.74, 6) is 0.805. The molecule has 1 unspecified atom stereocenters. The molecule has 0 spiro atoms. The van der Waals surface area contributed by atoms with Crippen LogP contribution in [0.2, 0.25) is 0 Å². The predicted molar refractivity (Wildman–Crippen MR) is 51.8 cm³/mol. The van der Waals surface area contributed by atoms with Crippen molar-refractivity contribution < 1.29 is 0 Å². The molecule has 0 aliphatic heterocycles. The van der Waals surface area contributed by atoms with Crippen LogP contribution >= 0.6 is 0 Å². The van der Waals surface area contributed by atoms with E-state index in [1.807, 2.05) is 0 Å². The maximum Gasteiger partial charge on any atom is 0.0159 e. The Morgan fingerprint density at radius 3 is 2.64 bits per heavy atom. The van der Waals surface area contributed by atoms with Crippen molar-refractivity contribution in [3.05, 3.63) is 12.2 Å². The van der Waals surface area contributed by atoms with Crippen molar-refractivity contribution >= 4 is 0 Å². The first-order valence-electron chi connectivity index (χ1n) is 4.52. The number of rotatable bonds is 6. The van der Waals surface area contributed by atoms with Gasteiger partial charge in [-0.1, -0.05) is 32.4 Å². The number of hydrogen-bond donors (Lipinski definition) is 1. The van der Waals surface area contributed by atoms with E-state index >= 15 is 0 Å². The molecule has 0 aromatic rings. The van der Waals surface area contributed by atoms with Crippen molar-refractivity contribution in [3.8, 4) is 0 Å². The first-order chi connectivity index (χ1) is 5.16. The van der Waals surface area contributed by atoms with Crippen LogP contribution in [0.15, 0.2) is 12.2 Å². The molecule has 66 valence electrons. The second-order valence-corrected chi connectivity index (χ2v) is 3.48. The van der Waals surface area contributed by atoms with Crippen LogP contribution in [0.4, 0.5) is 0 Å². The summed E-state index contributed by atoms with van der Waals surface area (Å²) in [6, 6.07) is 0. The third-order valence-electron chi connectivity index (χ3n) is 1.70. The van der Waals surface area contributed by atoms with E-state index in [0.717, 1.165) is 19.0 Å². The first-order valence-corrected chi connectivity index (χ1v) is 4.52. The van der Waals surface area contributed by atoms with Gasteiger partial charge in [0.05, 0.1) is 0 Å². The van der Waals surface area contributed by atoms with E-state index in [1.165, 1.54) is 18.4 Å². The summed E-state index contributed by atoms with van der Waals surface area (Å²) in [5, 5.41) is 3.37. The van der Waals surface area contributed by atoms with Gasteiger partial charge in [0.2, 0.25) is 0 Å². The standard InChI is InChI=1S/C10H21N/c1-5-6-10(4)8-11-7-9(2)3/h10-11H,2,5-8H2,1,3-4H3. The average Bonchev–Trinajstić information content (AvgIpc) is 1.87. The summed E-state index contributed by atoms with van der Waals surface area (Å²) in [6.07, 6.45) is 2.61. The Morgan fingerprint density at radius 2 is 2.18 bits per heavy atom. The maximum atomic E-state index is 3.84. The minimum Gasteiger partial charge on any atom is -0.313 e. The Bertz CT molecular complexity index is 107. The molecular formula is C10H21N. The van der Waals surface area contributed by atoms with Gasteiger partial charge < -0.3 is 5.32 Å². The smallest absolute Gasteiger partial charge is 0.0159 e. The summed E-state index contributed by atoms with van der Waals surface area (Å²) in [4.78, 5) is 0. The van der Waals surface area contributed by atoms with E-state index in [2.05, 4.69) is 32.7 Å². The Hall–Kier alpha value is -0.300. The maximum absolute atomic E-state index is 3.84. The molecule has 0 heterocycles. The highest BCUT2D eigenvalue weighted by atomic mass is 14.8. The Kier molecular flexibility index (Phi) is 6.24. The van der Waals surface area contributed by atoms with E-state index in [0.29, 0.717) is 0 Å². The van der Waals surface area contributed by atoms with Crippen molar-refractivity contribution in [1.82, 2.24) is 5.32 Å². The molecule has 1 heteroatoms. The molecule has 0 aromatic carbocycles. The third kappa shape index (κ3) is 7.60. The average molecular weight is 155 g/mol. The van der Waals surface area contributed by atoms with E-state index in [9.17, 15) is 0 Å². The highest BCUT2D eigenvalue weighted by molar-refractivity contribution is 4.90. The minimum absolute atomic E-state index is 0.805. The van der Waals surface area contributed by atoms with Crippen LogP contribution in [0, 0.1) is 5.92 Å². The molecule has 0 saturated carbocycles. The van der Waals surface area contributed by atoms with Crippen LogP contribution in [0.5, 0.6) is 0 Å². The van der Waals surface area contributed by atoms with Gasteiger partial charge in [-0.25, -0.2) is 0 Å². The largest absolute Gasteiger partial charge is 0.313 e. The fraction of sp³-hybridized carbons (Fsp3) is 0.800. The lowest BCUT2D eigenvalue weighted by Gasteiger charge is -2.10. The van der Waals surface area contributed by atoms with Gasteiger partial charge in [0, 0.05) is 6.54 Å². The normalized spacial score (nSPS) is 13.0. The molecule has 0 radical (unpaired) electrons. The third-order valence-corrected chi connectivity index (χ3v) is 1.70. The zero-order chi connectivity index (χ0) is 8.69. The van der Waals surface area contributed by atoms with Crippen LogP contribution in [0.3, 0.4) is 0 Å². The minimum atomic E-state index is 0.805. The summed E-state index contributed by atoms with van der Waals surface area (Å²) >= 11 is 0. The van der Waals surface area contributed by atoms with Crippen molar-refractivity contribution in [2.45, 2.75) is 33.6 Å². The molecule has 0 aliphatic rings. The second kappa shape index (κ2) is 6.41. The summed E-state index contributed by atoms with van der Waals surface area (Å²) in [7, 11) is 0. The van der Waals surface area contributed by atoms with E-state index in [4.69, 9.17) is 0 Å². The van der Waals surface area contributed by atoms with Gasteiger partial charge in [-0.15, -0.1) is 0 Å². The van der Waals surface area contributed by atoms with Crippen LogP contribution in [-0.2, 0) is 0 Å². The molecule has 0 amide bonds. The van der Waals surface area contributed by atoms with Crippen LogP contribution in [-0.4, -0.2) is 13.1 Å². The summed E-state index contributed by atoms with van der Waals surface area (Å²) in [5.41, 5.74) is 1.22. The van der Waals surface area contributed by atoms with Crippen LogP contribution in [0.1, 0.15) is 33.6 Å². The molecule has 0 aromatic heterocycles. The van der Waals surface area contributed by atoms with Crippen molar-refractivity contribution in [2.24, 2.45) is 5.92 Å². The molecule has 1 N–H and O–H groups in total. The van der Waals surface area contributed by atoms with Gasteiger partial charge in [0.1, 0.15) is 0 Å². The summed E-state index contributed by atoms with van der Waals surface area (Å²) < 4.78 is 0. The molecular weight excluding hydrogens is 134 g/mol. The van der Waals surface area contributed by atoms with Gasteiger partial charge in [0.25, 0.3) is 0 Å². The molecule has 11 heavy (non-hydrogen) atoms. The molecule has 1 nitrogen and oxygen atoms in total. The van der Waals surface area contributed by atoms with Crippen molar-refractivity contribution in [1.29, 1.82) is 0 Å². The first kappa shape index (κ1) is 10.7. The predicted octanol–water partition coefficient (Wildman–Crippen LogP) is 2.59. The van der Waals surface area contributed by atoms with Gasteiger partial charge in [-0.05, 0) is 25.8 Å². The van der Waals surface area contributed by atoms with Crippen molar-refractivity contribution in [2.75, 3.05) is 13.1 Å². The molecule has 0 bridgehead atoms. The zero-order valence-corrected chi connectivity index (χ0v) is 8.11. The lowest BCUT2D eigenvalue weighted by molar-refractivity contribution is 0.486. The van der Waals surface area contributed by atoms with Crippen molar-refractivity contribution in [3.63, 3.8) is 0 Å². The molecule has 0 aliphatic carbocycles. The van der Waals surface area contributed by atoms with Gasteiger partial charge >= 0.3 is 0 Å². The Balaban J connectivity index is 3.16. The lowest BCUT2D eigenvalue weighted by Crippen LogP contribution is -2.22. The van der Waals surface area contributed by atoms with Crippen LogP contribution < -0.4 is 5.32 Å². The van der Waals surface area contributed by atoms with Gasteiger partial charge in [-0.2, -0.15) is 0 Å². The van der Waals surface area contributed by atoms with Gasteiger partial charge in [0.15, 0.2) is 0 Å². The van der Waals surface area contributed by atoms with Gasteiger partial charge in [-0.3, -0.25) is 0 Å². The highest BCUT2D eigenvalue weighted by Crippen LogP contribution is 2.02. The van der Waals surface area contributed by atoms with Crippen LogP contribution in [0.25, 0.3) is 0 Å². The molecule has 0 fully saturated rings. The molecule has 0 rings (SSSR count). The SMILES string of the molecule is C=C(C)CNCC(C)CCC. The molecule has 0 saturated heterocycles. The summed E-state index contributed by atoms with van der Waals surface area (Å²) in [6.45, 7) is 12.5. The Labute approximate surface area is 70.9 Å². The fourth-order valence-corrected chi connectivity index (χ4v) is 1.13. The lowest BCUT2D eigenvalue weighted by atomic mass is 10.1. The highest BCUT2D eigenvalue weighted by Gasteiger charge is 1.98. The quantitative estimate of drug-likeness (QED) is 0.581. The second-order valence-electron chi connectivity index (χ2n) is 3.48. The number of nitrogens with one attached hydrogen (secondary N) is 1. The van der Waals surface area contributed by atoms with E-state index in [1.54, 1.807) is 0 Å². The zero-order valence-electron chi connectivity index (χ0n) is 8.11. The molecule has 1 atom stereocenters. The van der Waals surface area contributed by atoms with E-state index < -0.39 is 0 Å². The Morgan fingerprint density at radius 1 is 1.55 bits per heavy atom. The number of hydrogen-bond acceptors (Lipinski definition) is 1. The monoisotopic (exact) mass is 155 g/mol.